The van der Waals surface area contributed by atoms with Crippen molar-refractivity contribution in [3.63, 3.8) is 0 Å². The van der Waals surface area contributed by atoms with Crippen LogP contribution in [0.15, 0.2) is 40.9 Å². The van der Waals surface area contributed by atoms with E-state index in [1.54, 1.807) is 18.2 Å². The van der Waals surface area contributed by atoms with E-state index >= 15 is 0 Å². The minimum Gasteiger partial charge on any atom is -0.477 e. The van der Waals surface area contributed by atoms with Crippen LogP contribution in [0.3, 0.4) is 0 Å². The zero-order chi connectivity index (χ0) is 15.4. The maximum absolute atomic E-state index is 10.9. The Morgan fingerprint density at radius 2 is 2.05 bits per heavy atom. The van der Waals surface area contributed by atoms with Gasteiger partial charge < -0.3 is 9.84 Å². The number of pyridine rings is 1. The highest BCUT2D eigenvalue weighted by Crippen LogP contribution is 2.26. The number of nitro groups is 1. The molecule has 2 rings (SSSR count). The molecule has 1 N–H and O–H groups in total. The first-order valence-electron chi connectivity index (χ1n) is 5.74. The fraction of sp³-hybridized carbons (Fsp3) is 0.0769. The van der Waals surface area contributed by atoms with Gasteiger partial charge in [-0.05, 0) is 12.1 Å². The maximum Gasteiger partial charge on any atom is 0.354 e. The van der Waals surface area contributed by atoms with Crippen molar-refractivity contribution in [3.8, 4) is 5.88 Å². The summed E-state index contributed by atoms with van der Waals surface area (Å²) in [6.45, 7) is 0.0261. The second-order valence-corrected chi connectivity index (χ2v) is 4.82. The number of nitrogens with zero attached hydrogens (tertiary/aromatic N) is 2. The zero-order valence-corrected chi connectivity index (χ0v) is 12.1. The molecule has 0 atom stereocenters. The first-order valence-corrected chi connectivity index (χ1v) is 6.53. The molecule has 0 fully saturated rings. The molecule has 0 unspecified atom stereocenters. The molecular formula is C13H9BrN2O5. The molecule has 0 radical (unpaired) electrons. The van der Waals surface area contributed by atoms with Crippen LogP contribution in [-0.4, -0.2) is 21.0 Å². The largest absolute Gasteiger partial charge is 0.477 e. The minimum atomic E-state index is -1.28. The van der Waals surface area contributed by atoms with Crippen LogP contribution in [-0.2, 0) is 6.61 Å². The van der Waals surface area contributed by atoms with Gasteiger partial charge in [-0.2, -0.15) is 0 Å². The zero-order valence-electron chi connectivity index (χ0n) is 10.5. The number of hydrogen-bond acceptors (Lipinski definition) is 5. The summed E-state index contributed by atoms with van der Waals surface area (Å²) in [5.74, 6) is -1.61. The van der Waals surface area contributed by atoms with Crippen LogP contribution in [0.2, 0.25) is 0 Å². The van der Waals surface area contributed by atoms with E-state index in [9.17, 15) is 14.9 Å². The van der Waals surface area contributed by atoms with Crippen LogP contribution in [0.5, 0.6) is 5.88 Å². The fourth-order valence-corrected chi connectivity index (χ4v) is 1.96. The number of benzene rings is 1. The van der Waals surface area contributed by atoms with E-state index in [2.05, 4.69) is 20.9 Å². The first-order chi connectivity index (χ1) is 9.99. The lowest BCUT2D eigenvalue weighted by molar-refractivity contribution is -0.386. The molecule has 2 aromatic rings. The number of ether oxygens (including phenoxy) is 1. The number of halogens is 1. The number of aromatic carboxylic acids is 1. The first kappa shape index (κ1) is 14.9. The van der Waals surface area contributed by atoms with Crippen molar-refractivity contribution in [2.45, 2.75) is 6.61 Å². The van der Waals surface area contributed by atoms with E-state index in [0.717, 1.165) is 22.2 Å². The summed E-state index contributed by atoms with van der Waals surface area (Å²) in [5.41, 5.74) is 0.0594. The number of rotatable bonds is 5. The lowest BCUT2D eigenvalue weighted by Crippen LogP contribution is -2.06. The highest BCUT2D eigenvalue weighted by atomic mass is 79.9. The molecule has 0 amide bonds. The summed E-state index contributed by atoms with van der Waals surface area (Å²) in [7, 11) is 0. The fourth-order valence-electron chi connectivity index (χ4n) is 1.56. The van der Waals surface area contributed by atoms with Crippen molar-refractivity contribution < 1.29 is 19.6 Å². The third-order valence-corrected chi connectivity index (χ3v) is 3.35. The minimum absolute atomic E-state index is 0.0261. The van der Waals surface area contributed by atoms with E-state index in [1.807, 2.05) is 6.07 Å². The second-order valence-electron chi connectivity index (χ2n) is 3.96. The predicted molar refractivity (Wildman–Crippen MR) is 76.3 cm³/mol. The third kappa shape index (κ3) is 3.54. The SMILES string of the molecule is O=C(O)c1ccc([N+](=O)[O-])c(OCc2ccccc2Br)n1. The summed E-state index contributed by atoms with van der Waals surface area (Å²) in [6, 6.07) is 9.31. The van der Waals surface area contributed by atoms with Crippen LogP contribution < -0.4 is 4.74 Å². The molecule has 0 saturated heterocycles. The average Bonchev–Trinajstić information content (AvgIpc) is 2.46. The Balaban J connectivity index is 2.29. The molecule has 108 valence electrons. The van der Waals surface area contributed by atoms with Gasteiger partial charge in [-0.15, -0.1) is 0 Å². The molecule has 7 nitrogen and oxygen atoms in total. The number of hydrogen-bond donors (Lipinski definition) is 1. The molecule has 0 aliphatic heterocycles. The van der Waals surface area contributed by atoms with E-state index in [1.165, 1.54) is 0 Å². The van der Waals surface area contributed by atoms with E-state index in [-0.39, 0.29) is 23.9 Å². The van der Waals surface area contributed by atoms with Gasteiger partial charge in [0.1, 0.15) is 6.61 Å². The molecule has 1 aromatic carbocycles. The molecule has 8 heteroatoms. The Labute approximate surface area is 127 Å². The van der Waals surface area contributed by atoms with Crippen molar-refractivity contribution in [3.05, 3.63) is 62.2 Å². The number of carboxylic acid groups (broad SMARTS) is 1. The van der Waals surface area contributed by atoms with Gasteiger partial charge in [0.15, 0.2) is 5.69 Å². The van der Waals surface area contributed by atoms with E-state index < -0.39 is 10.9 Å². The van der Waals surface area contributed by atoms with E-state index in [0.29, 0.717) is 0 Å². The maximum atomic E-state index is 10.9. The lowest BCUT2D eigenvalue weighted by atomic mass is 10.2. The van der Waals surface area contributed by atoms with Crippen molar-refractivity contribution >= 4 is 27.6 Å². The van der Waals surface area contributed by atoms with Crippen LogP contribution in [0, 0.1) is 10.1 Å². The number of carbonyl (C=O) groups is 1. The highest BCUT2D eigenvalue weighted by Gasteiger charge is 2.20. The smallest absolute Gasteiger partial charge is 0.354 e. The van der Waals surface area contributed by atoms with Crippen LogP contribution in [0.4, 0.5) is 5.69 Å². The van der Waals surface area contributed by atoms with Gasteiger partial charge in [0.05, 0.1) is 4.92 Å². The van der Waals surface area contributed by atoms with Gasteiger partial charge in [-0.25, -0.2) is 9.78 Å². The Hall–Kier alpha value is -2.48. The molecule has 1 heterocycles. The third-order valence-electron chi connectivity index (χ3n) is 2.58. The lowest BCUT2D eigenvalue weighted by Gasteiger charge is -2.08. The summed E-state index contributed by atoms with van der Waals surface area (Å²) in [6.07, 6.45) is 0. The van der Waals surface area contributed by atoms with Gasteiger partial charge in [-0.3, -0.25) is 10.1 Å². The molecule has 21 heavy (non-hydrogen) atoms. The van der Waals surface area contributed by atoms with Crippen LogP contribution in [0.1, 0.15) is 16.1 Å². The standard InChI is InChI=1S/C13H9BrN2O5/c14-9-4-2-1-3-8(9)7-21-12-11(16(19)20)6-5-10(15-12)13(17)18/h1-6H,7H2,(H,17,18). The molecule has 0 bridgehead atoms. The second kappa shape index (κ2) is 6.31. The average molecular weight is 353 g/mol. The summed E-state index contributed by atoms with van der Waals surface area (Å²) in [5, 5.41) is 19.8. The van der Waals surface area contributed by atoms with Crippen molar-refractivity contribution in [2.75, 3.05) is 0 Å². The Morgan fingerprint density at radius 3 is 2.67 bits per heavy atom. The summed E-state index contributed by atoms with van der Waals surface area (Å²) < 4.78 is 6.09. The number of aromatic nitrogens is 1. The molecule has 0 saturated carbocycles. The highest BCUT2D eigenvalue weighted by molar-refractivity contribution is 9.10. The topological polar surface area (TPSA) is 103 Å². The van der Waals surface area contributed by atoms with Crippen LogP contribution >= 0.6 is 15.9 Å². The normalized spacial score (nSPS) is 10.1. The van der Waals surface area contributed by atoms with Gasteiger partial charge in [0.2, 0.25) is 0 Å². The quantitative estimate of drug-likeness (QED) is 0.655. The molecule has 1 aromatic heterocycles. The van der Waals surface area contributed by atoms with Gasteiger partial charge in [0.25, 0.3) is 5.88 Å². The van der Waals surface area contributed by atoms with Crippen molar-refractivity contribution in [2.24, 2.45) is 0 Å². The molecular weight excluding hydrogens is 344 g/mol. The molecule has 0 aliphatic rings. The predicted octanol–water partition coefficient (Wildman–Crippen LogP) is 3.03. The van der Waals surface area contributed by atoms with Crippen molar-refractivity contribution in [1.82, 2.24) is 4.98 Å². The Morgan fingerprint density at radius 1 is 1.33 bits per heavy atom. The van der Waals surface area contributed by atoms with Crippen molar-refractivity contribution in [1.29, 1.82) is 0 Å². The van der Waals surface area contributed by atoms with Crippen LogP contribution in [0.25, 0.3) is 0 Å². The molecule has 0 spiro atoms. The summed E-state index contributed by atoms with van der Waals surface area (Å²) >= 11 is 3.33. The number of carboxylic acids is 1. The Kier molecular flexibility index (Phi) is 4.49. The molecule has 0 aliphatic carbocycles. The monoisotopic (exact) mass is 352 g/mol. The van der Waals surface area contributed by atoms with Gasteiger partial charge >= 0.3 is 11.7 Å². The van der Waals surface area contributed by atoms with Gasteiger partial charge in [0, 0.05) is 16.1 Å². The Bertz CT molecular complexity index is 705. The van der Waals surface area contributed by atoms with Gasteiger partial charge in [-0.1, -0.05) is 34.1 Å². The van der Waals surface area contributed by atoms with E-state index in [4.69, 9.17) is 9.84 Å². The summed E-state index contributed by atoms with van der Waals surface area (Å²) in [4.78, 5) is 24.8.